The van der Waals surface area contributed by atoms with Crippen molar-refractivity contribution < 1.29 is 19.0 Å². The Labute approximate surface area is 167 Å². The van der Waals surface area contributed by atoms with Crippen molar-refractivity contribution in [2.45, 2.75) is 12.6 Å². The molecular weight excluding hydrogens is 375 g/mol. The number of halogens is 1. The number of urea groups is 1. The molecule has 2 amide bonds. The van der Waals surface area contributed by atoms with Gasteiger partial charge in [0, 0.05) is 30.1 Å². The molecule has 150 valence electrons. The van der Waals surface area contributed by atoms with E-state index in [1.807, 2.05) is 24.3 Å². The van der Waals surface area contributed by atoms with Gasteiger partial charge in [0.05, 0.1) is 32.5 Å². The highest BCUT2D eigenvalue weighted by Crippen LogP contribution is 2.28. The Morgan fingerprint density at radius 2 is 2.03 bits per heavy atom. The van der Waals surface area contributed by atoms with E-state index in [4.69, 9.17) is 4.74 Å². The zero-order valence-electron chi connectivity index (χ0n) is 15.9. The maximum atomic E-state index is 13.8. The lowest BCUT2D eigenvalue weighted by atomic mass is 10.1. The molecule has 29 heavy (non-hydrogen) atoms. The Balaban J connectivity index is 1.55. The van der Waals surface area contributed by atoms with Gasteiger partial charge < -0.3 is 14.7 Å². The molecular formula is C21H21FN4O3. The molecule has 1 saturated heterocycles. The molecule has 2 heterocycles. The third-order valence-electron chi connectivity index (χ3n) is 5.05. The fourth-order valence-corrected chi connectivity index (χ4v) is 3.54. The molecule has 2 N–H and O–H groups in total. The van der Waals surface area contributed by atoms with E-state index in [9.17, 15) is 14.3 Å². The van der Waals surface area contributed by atoms with Crippen LogP contribution in [0, 0.1) is 5.82 Å². The molecule has 1 aliphatic heterocycles. The summed E-state index contributed by atoms with van der Waals surface area (Å²) in [5.74, 6) is -0.0443. The smallest absolute Gasteiger partial charge is 0.325 e. The van der Waals surface area contributed by atoms with Crippen molar-refractivity contribution in [2.24, 2.45) is 0 Å². The number of hydrogen-bond donors (Lipinski definition) is 2. The number of rotatable bonds is 6. The number of aliphatic hydroxyl groups is 1. The number of benzene rings is 2. The topological polar surface area (TPSA) is 81.7 Å². The van der Waals surface area contributed by atoms with Crippen LogP contribution in [0.1, 0.15) is 5.56 Å². The number of H-pyrrole nitrogens is 1. The van der Waals surface area contributed by atoms with Crippen LogP contribution in [0.3, 0.4) is 0 Å². The summed E-state index contributed by atoms with van der Waals surface area (Å²) in [6.45, 7) is 0.358. The van der Waals surface area contributed by atoms with Crippen molar-refractivity contribution >= 4 is 11.7 Å². The number of nitrogens with zero attached hydrogens (tertiary/aromatic N) is 3. The first-order valence-corrected chi connectivity index (χ1v) is 9.20. The zero-order valence-corrected chi connectivity index (χ0v) is 15.9. The molecule has 0 unspecified atom stereocenters. The van der Waals surface area contributed by atoms with Crippen LogP contribution in [0.2, 0.25) is 0 Å². The molecule has 1 aromatic heterocycles. The van der Waals surface area contributed by atoms with Gasteiger partial charge in [0.25, 0.3) is 0 Å². The number of ether oxygens (including phenoxy) is 1. The first-order valence-electron chi connectivity index (χ1n) is 9.20. The van der Waals surface area contributed by atoms with Crippen molar-refractivity contribution in [3.63, 3.8) is 0 Å². The molecule has 0 bridgehead atoms. The SMILES string of the molecule is COc1cc(F)cc(CN2C(=O)N(c3ccc(-c4cn[nH]c4)cc3)C[C@H]2CO)c1. The molecule has 0 radical (unpaired) electrons. The largest absolute Gasteiger partial charge is 0.497 e. The number of nitrogens with one attached hydrogen (secondary N) is 1. The summed E-state index contributed by atoms with van der Waals surface area (Å²) < 4.78 is 18.9. The van der Waals surface area contributed by atoms with Crippen LogP contribution in [-0.4, -0.2) is 52.5 Å². The minimum absolute atomic E-state index is 0.179. The molecule has 3 aromatic rings. The van der Waals surface area contributed by atoms with E-state index in [-0.39, 0.29) is 25.2 Å². The van der Waals surface area contributed by atoms with E-state index in [1.165, 1.54) is 19.2 Å². The van der Waals surface area contributed by atoms with E-state index < -0.39 is 5.82 Å². The Bertz CT molecular complexity index is 992. The fraction of sp³-hybridized carbons (Fsp3) is 0.238. The van der Waals surface area contributed by atoms with Gasteiger partial charge in [0.15, 0.2) is 0 Å². The minimum Gasteiger partial charge on any atom is -0.497 e. The van der Waals surface area contributed by atoms with Crippen LogP contribution in [0.15, 0.2) is 54.9 Å². The normalized spacial score (nSPS) is 16.5. The summed E-state index contributed by atoms with van der Waals surface area (Å²) in [6, 6.07) is 11.3. The lowest BCUT2D eigenvalue weighted by Gasteiger charge is -2.22. The van der Waals surface area contributed by atoms with E-state index in [2.05, 4.69) is 10.2 Å². The van der Waals surface area contributed by atoms with Gasteiger partial charge >= 0.3 is 6.03 Å². The summed E-state index contributed by atoms with van der Waals surface area (Å²) >= 11 is 0. The van der Waals surface area contributed by atoms with Gasteiger partial charge in [-0.15, -0.1) is 0 Å². The van der Waals surface area contributed by atoms with E-state index in [0.717, 1.165) is 16.8 Å². The van der Waals surface area contributed by atoms with Gasteiger partial charge in [-0.05, 0) is 35.4 Å². The third kappa shape index (κ3) is 3.79. The van der Waals surface area contributed by atoms with Crippen LogP contribution in [0.5, 0.6) is 5.75 Å². The Morgan fingerprint density at radius 1 is 1.24 bits per heavy atom. The predicted octanol–water partition coefficient (Wildman–Crippen LogP) is 3.03. The van der Waals surface area contributed by atoms with Crippen molar-refractivity contribution in [3.05, 3.63) is 66.2 Å². The number of aliphatic hydroxyl groups excluding tert-OH is 1. The zero-order chi connectivity index (χ0) is 20.4. The molecule has 8 heteroatoms. The average molecular weight is 396 g/mol. The highest BCUT2D eigenvalue weighted by atomic mass is 19.1. The summed E-state index contributed by atoms with van der Waals surface area (Å²) in [7, 11) is 1.46. The highest BCUT2D eigenvalue weighted by molar-refractivity contribution is 5.95. The molecule has 0 saturated carbocycles. The number of amides is 2. The number of anilines is 1. The monoisotopic (exact) mass is 396 g/mol. The summed E-state index contributed by atoms with van der Waals surface area (Å²) in [6.07, 6.45) is 3.53. The third-order valence-corrected chi connectivity index (χ3v) is 5.05. The van der Waals surface area contributed by atoms with Crippen LogP contribution in [0.4, 0.5) is 14.9 Å². The van der Waals surface area contributed by atoms with Gasteiger partial charge in [-0.25, -0.2) is 9.18 Å². The lowest BCUT2D eigenvalue weighted by Crippen LogP contribution is -2.36. The molecule has 7 nitrogen and oxygen atoms in total. The van der Waals surface area contributed by atoms with Crippen molar-refractivity contribution in [1.82, 2.24) is 15.1 Å². The summed E-state index contributed by atoms with van der Waals surface area (Å²) in [5, 5.41) is 16.5. The second-order valence-electron chi connectivity index (χ2n) is 6.89. The fourth-order valence-electron chi connectivity index (χ4n) is 3.54. The number of hydrogen-bond acceptors (Lipinski definition) is 4. The number of carbonyl (C=O) groups excluding carboxylic acids is 1. The van der Waals surface area contributed by atoms with Gasteiger partial charge in [0.2, 0.25) is 0 Å². The summed E-state index contributed by atoms with van der Waals surface area (Å²) in [5.41, 5.74) is 3.28. The Hall–Kier alpha value is -3.39. The molecule has 2 aromatic carbocycles. The molecule has 4 rings (SSSR count). The van der Waals surface area contributed by atoms with Crippen LogP contribution >= 0.6 is 0 Å². The van der Waals surface area contributed by atoms with Crippen LogP contribution < -0.4 is 9.64 Å². The number of methoxy groups -OCH3 is 1. The van der Waals surface area contributed by atoms with Crippen molar-refractivity contribution in [1.29, 1.82) is 0 Å². The molecule has 0 spiro atoms. The molecule has 0 aliphatic carbocycles. The maximum Gasteiger partial charge on any atom is 0.325 e. The summed E-state index contributed by atoms with van der Waals surface area (Å²) in [4.78, 5) is 16.2. The predicted molar refractivity (Wildman–Crippen MR) is 106 cm³/mol. The van der Waals surface area contributed by atoms with E-state index in [1.54, 1.807) is 28.3 Å². The number of carbonyl (C=O) groups is 1. The van der Waals surface area contributed by atoms with Gasteiger partial charge in [-0.3, -0.25) is 10.00 Å². The molecule has 1 atom stereocenters. The minimum atomic E-state index is -0.432. The average Bonchev–Trinajstić information content (AvgIpc) is 3.37. The Morgan fingerprint density at radius 3 is 2.69 bits per heavy atom. The van der Waals surface area contributed by atoms with Crippen LogP contribution in [0.25, 0.3) is 11.1 Å². The van der Waals surface area contributed by atoms with Gasteiger partial charge in [-0.2, -0.15) is 5.10 Å². The first kappa shape index (κ1) is 18.9. The number of aromatic amines is 1. The van der Waals surface area contributed by atoms with E-state index >= 15 is 0 Å². The second-order valence-corrected chi connectivity index (χ2v) is 6.89. The van der Waals surface area contributed by atoms with E-state index in [0.29, 0.717) is 17.9 Å². The molecule has 1 aliphatic rings. The Kier molecular flexibility index (Phi) is 5.18. The van der Waals surface area contributed by atoms with Gasteiger partial charge in [0.1, 0.15) is 11.6 Å². The second kappa shape index (κ2) is 7.92. The maximum absolute atomic E-state index is 13.8. The standard InChI is InChI=1S/C21H21FN4O3/c1-29-20-7-14(6-17(22)8-20)11-25-19(13-27)12-26(21(25)28)18-4-2-15(3-5-18)16-9-23-24-10-16/h2-10,19,27H,11-13H2,1H3,(H,23,24)/t19-/m0/s1. The first-order chi connectivity index (χ1) is 14.1. The molecule has 1 fully saturated rings. The van der Waals surface area contributed by atoms with Crippen molar-refractivity contribution in [2.75, 3.05) is 25.2 Å². The quantitative estimate of drug-likeness (QED) is 0.671. The highest BCUT2D eigenvalue weighted by Gasteiger charge is 2.37. The lowest BCUT2D eigenvalue weighted by molar-refractivity contribution is 0.161. The van der Waals surface area contributed by atoms with Crippen LogP contribution in [-0.2, 0) is 6.54 Å². The van der Waals surface area contributed by atoms with Gasteiger partial charge in [-0.1, -0.05) is 12.1 Å². The van der Waals surface area contributed by atoms with Crippen molar-refractivity contribution in [3.8, 4) is 16.9 Å². The number of aromatic nitrogens is 2.